The Hall–Kier alpha value is -2.04. The molecule has 1 N–H and O–H groups in total. The van der Waals surface area contributed by atoms with E-state index in [2.05, 4.69) is 9.97 Å². The molecule has 0 amide bonds. The first-order chi connectivity index (χ1) is 8.44. The molecule has 94 valence electrons. The summed E-state index contributed by atoms with van der Waals surface area (Å²) in [5.74, 6) is 1.82. The fraction of sp³-hybridized carbons (Fsp3) is 0.385. The number of fused-ring (bicyclic) bond motifs is 2. The van der Waals surface area contributed by atoms with Gasteiger partial charge in [0, 0.05) is 6.07 Å². The van der Waals surface area contributed by atoms with Crippen molar-refractivity contribution in [1.29, 1.82) is 0 Å². The van der Waals surface area contributed by atoms with Crippen LogP contribution in [-0.4, -0.2) is 22.2 Å². The first kappa shape index (κ1) is 11.1. The highest BCUT2D eigenvalue weighted by Crippen LogP contribution is 2.37. The average Bonchev–Trinajstić information content (AvgIpc) is 2.26. The lowest BCUT2D eigenvalue weighted by molar-refractivity contribution is 0.0216. The van der Waals surface area contributed by atoms with Crippen molar-refractivity contribution < 1.29 is 9.47 Å². The number of rotatable bonds is 0. The maximum absolute atomic E-state index is 11.9. The second kappa shape index (κ2) is 3.48. The van der Waals surface area contributed by atoms with Crippen molar-refractivity contribution in [3.05, 3.63) is 28.3 Å². The minimum atomic E-state index is -0.383. The summed E-state index contributed by atoms with van der Waals surface area (Å²) in [6.07, 6.45) is 0. The standard InChI is InChI=1S/C13H14N2O3/c1-7-14-9-5-10-11(4-8(9)12(16)15-7)18-13(2,3)6-17-10/h4-5H,6H2,1-3H3,(H,14,15,16). The highest BCUT2D eigenvalue weighted by atomic mass is 16.6. The van der Waals surface area contributed by atoms with Gasteiger partial charge in [0.2, 0.25) is 0 Å². The van der Waals surface area contributed by atoms with E-state index in [-0.39, 0.29) is 11.2 Å². The number of ether oxygens (including phenoxy) is 2. The van der Waals surface area contributed by atoms with Gasteiger partial charge in [0.05, 0.1) is 10.9 Å². The Morgan fingerprint density at radius 2 is 2.11 bits per heavy atom. The predicted molar refractivity (Wildman–Crippen MR) is 67.3 cm³/mol. The van der Waals surface area contributed by atoms with E-state index < -0.39 is 0 Å². The number of aryl methyl sites for hydroxylation is 1. The molecule has 0 saturated carbocycles. The highest BCUT2D eigenvalue weighted by Gasteiger charge is 2.28. The summed E-state index contributed by atoms with van der Waals surface area (Å²) >= 11 is 0. The zero-order valence-corrected chi connectivity index (χ0v) is 10.5. The van der Waals surface area contributed by atoms with Gasteiger partial charge in [0.1, 0.15) is 18.0 Å². The molecule has 0 bridgehead atoms. The van der Waals surface area contributed by atoms with Gasteiger partial charge in [-0.1, -0.05) is 0 Å². The normalized spacial score (nSPS) is 16.8. The fourth-order valence-electron chi connectivity index (χ4n) is 2.04. The zero-order valence-electron chi connectivity index (χ0n) is 10.5. The lowest BCUT2D eigenvalue weighted by Gasteiger charge is -2.32. The van der Waals surface area contributed by atoms with E-state index in [1.807, 2.05) is 13.8 Å². The van der Waals surface area contributed by atoms with E-state index in [0.29, 0.717) is 34.8 Å². The van der Waals surface area contributed by atoms with Gasteiger partial charge in [-0.15, -0.1) is 0 Å². The molecule has 0 fully saturated rings. The number of hydrogen-bond acceptors (Lipinski definition) is 4. The Balaban J connectivity index is 2.26. The molecule has 5 nitrogen and oxygen atoms in total. The number of aromatic nitrogens is 2. The summed E-state index contributed by atoms with van der Waals surface area (Å²) < 4.78 is 11.5. The summed E-state index contributed by atoms with van der Waals surface area (Å²) in [5.41, 5.74) is 0.0801. The third kappa shape index (κ3) is 1.72. The van der Waals surface area contributed by atoms with Crippen LogP contribution in [-0.2, 0) is 0 Å². The number of hydrogen-bond donors (Lipinski definition) is 1. The Bertz CT molecular complexity index is 688. The second-order valence-corrected chi connectivity index (χ2v) is 5.12. The molecule has 18 heavy (non-hydrogen) atoms. The van der Waals surface area contributed by atoms with Crippen molar-refractivity contribution in [1.82, 2.24) is 9.97 Å². The van der Waals surface area contributed by atoms with Crippen LogP contribution in [0.25, 0.3) is 10.9 Å². The molecule has 1 aromatic carbocycles. The Morgan fingerprint density at radius 1 is 1.33 bits per heavy atom. The van der Waals surface area contributed by atoms with Gasteiger partial charge in [0.15, 0.2) is 11.5 Å². The van der Waals surface area contributed by atoms with Gasteiger partial charge in [-0.2, -0.15) is 0 Å². The zero-order chi connectivity index (χ0) is 12.9. The van der Waals surface area contributed by atoms with E-state index in [9.17, 15) is 4.79 Å². The molecule has 0 aliphatic carbocycles. The van der Waals surface area contributed by atoms with Crippen LogP contribution in [0, 0.1) is 6.92 Å². The summed E-state index contributed by atoms with van der Waals surface area (Å²) in [5, 5.41) is 0.514. The minimum absolute atomic E-state index is 0.160. The molecule has 0 spiro atoms. The van der Waals surface area contributed by atoms with Crippen molar-refractivity contribution in [2.24, 2.45) is 0 Å². The molecule has 0 atom stereocenters. The monoisotopic (exact) mass is 246 g/mol. The Morgan fingerprint density at radius 3 is 2.89 bits per heavy atom. The van der Waals surface area contributed by atoms with Crippen LogP contribution in [0.15, 0.2) is 16.9 Å². The molecule has 1 aliphatic heterocycles. The van der Waals surface area contributed by atoms with Gasteiger partial charge >= 0.3 is 0 Å². The van der Waals surface area contributed by atoms with Crippen LogP contribution in [0.1, 0.15) is 19.7 Å². The molecular formula is C13H14N2O3. The largest absolute Gasteiger partial charge is 0.485 e. The van der Waals surface area contributed by atoms with E-state index in [1.54, 1.807) is 19.1 Å². The summed E-state index contributed by atoms with van der Waals surface area (Å²) in [7, 11) is 0. The third-order valence-corrected chi connectivity index (χ3v) is 2.85. The lowest BCUT2D eigenvalue weighted by Crippen LogP contribution is -2.38. The highest BCUT2D eigenvalue weighted by molar-refractivity contribution is 5.82. The quantitative estimate of drug-likeness (QED) is 0.769. The van der Waals surface area contributed by atoms with Crippen LogP contribution in [0.5, 0.6) is 11.5 Å². The molecule has 0 unspecified atom stereocenters. The molecule has 5 heteroatoms. The van der Waals surface area contributed by atoms with Crippen LogP contribution in [0.4, 0.5) is 0 Å². The average molecular weight is 246 g/mol. The van der Waals surface area contributed by atoms with Crippen molar-refractivity contribution in [2.45, 2.75) is 26.4 Å². The molecular weight excluding hydrogens is 232 g/mol. The first-order valence-electron chi connectivity index (χ1n) is 5.81. The Labute approximate surface area is 104 Å². The summed E-state index contributed by atoms with van der Waals surface area (Å²) in [6, 6.07) is 3.44. The van der Waals surface area contributed by atoms with Crippen LogP contribution < -0.4 is 15.0 Å². The fourth-order valence-corrected chi connectivity index (χ4v) is 2.04. The van der Waals surface area contributed by atoms with Crippen LogP contribution in [0.3, 0.4) is 0 Å². The van der Waals surface area contributed by atoms with Gasteiger partial charge in [-0.25, -0.2) is 4.98 Å². The van der Waals surface area contributed by atoms with Gasteiger partial charge in [-0.05, 0) is 26.8 Å². The van der Waals surface area contributed by atoms with Crippen molar-refractivity contribution >= 4 is 10.9 Å². The number of nitrogens with one attached hydrogen (secondary N) is 1. The molecule has 0 radical (unpaired) electrons. The van der Waals surface area contributed by atoms with E-state index in [4.69, 9.17) is 9.47 Å². The minimum Gasteiger partial charge on any atom is -0.485 e. The molecule has 1 aromatic heterocycles. The van der Waals surface area contributed by atoms with Gasteiger partial charge in [-0.3, -0.25) is 4.79 Å². The van der Waals surface area contributed by atoms with Gasteiger partial charge < -0.3 is 14.5 Å². The number of nitrogens with zero attached hydrogens (tertiary/aromatic N) is 1. The molecule has 1 aliphatic rings. The summed E-state index contributed by atoms with van der Waals surface area (Å²) in [4.78, 5) is 18.8. The second-order valence-electron chi connectivity index (χ2n) is 5.12. The predicted octanol–water partition coefficient (Wildman–Crippen LogP) is 1.78. The maximum Gasteiger partial charge on any atom is 0.258 e. The first-order valence-corrected chi connectivity index (χ1v) is 5.81. The van der Waals surface area contributed by atoms with E-state index in [1.165, 1.54) is 0 Å². The van der Waals surface area contributed by atoms with E-state index >= 15 is 0 Å². The van der Waals surface area contributed by atoms with Crippen LogP contribution >= 0.6 is 0 Å². The number of aromatic amines is 1. The SMILES string of the molecule is Cc1nc2cc3c(cc2c(=O)[nH]1)OC(C)(C)CO3. The van der Waals surface area contributed by atoms with E-state index in [0.717, 1.165) is 0 Å². The smallest absolute Gasteiger partial charge is 0.258 e. The van der Waals surface area contributed by atoms with Crippen LogP contribution in [0.2, 0.25) is 0 Å². The van der Waals surface area contributed by atoms with Crippen molar-refractivity contribution in [3.8, 4) is 11.5 Å². The topological polar surface area (TPSA) is 64.2 Å². The number of H-pyrrole nitrogens is 1. The molecule has 2 heterocycles. The summed E-state index contributed by atoms with van der Waals surface area (Å²) in [6.45, 7) is 6.12. The number of benzene rings is 1. The van der Waals surface area contributed by atoms with Crippen molar-refractivity contribution in [3.63, 3.8) is 0 Å². The molecule has 3 rings (SSSR count). The van der Waals surface area contributed by atoms with Gasteiger partial charge in [0.25, 0.3) is 5.56 Å². The molecule has 2 aromatic rings. The van der Waals surface area contributed by atoms with Crippen molar-refractivity contribution in [2.75, 3.05) is 6.61 Å². The maximum atomic E-state index is 11.9. The lowest BCUT2D eigenvalue weighted by atomic mass is 10.1. The molecule has 0 saturated heterocycles. The Kier molecular flexibility index (Phi) is 2.14. The third-order valence-electron chi connectivity index (χ3n) is 2.85.